The fourth-order valence-electron chi connectivity index (χ4n) is 4.72. The average Bonchev–Trinajstić information content (AvgIpc) is 2.62. The number of benzene rings is 3. The van der Waals surface area contributed by atoms with Crippen molar-refractivity contribution < 1.29 is 0 Å². The Kier molecular flexibility index (Phi) is 3.76. The van der Waals surface area contributed by atoms with Gasteiger partial charge in [0.05, 0.1) is 0 Å². The normalized spacial score (nSPS) is 16.0. The summed E-state index contributed by atoms with van der Waals surface area (Å²) in [7, 11) is 0. The summed E-state index contributed by atoms with van der Waals surface area (Å²) in [6.07, 6.45) is 9.90. The number of hydrogen-bond donors (Lipinski definition) is 0. The molecule has 0 N–H and O–H groups in total. The summed E-state index contributed by atoms with van der Waals surface area (Å²) >= 11 is 0. The van der Waals surface area contributed by atoms with E-state index < -0.39 is 0 Å². The lowest BCUT2D eigenvalue weighted by atomic mass is 9.65. The molecule has 0 spiro atoms. The summed E-state index contributed by atoms with van der Waals surface area (Å²) in [5.41, 5.74) is 3.27. The molecule has 0 fully saturated rings. The van der Waals surface area contributed by atoms with Crippen molar-refractivity contribution in [3.63, 3.8) is 0 Å². The van der Waals surface area contributed by atoms with Gasteiger partial charge in [0.2, 0.25) is 0 Å². The summed E-state index contributed by atoms with van der Waals surface area (Å²) in [4.78, 5) is 0. The van der Waals surface area contributed by atoms with E-state index in [1.54, 1.807) is 5.56 Å². The predicted octanol–water partition coefficient (Wildman–Crippen LogP) is 6.72. The molecule has 0 unspecified atom stereocenters. The Morgan fingerprint density at radius 3 is 2.38 bits per heavy atom. The lowest BCUT2D eigenvalue weighted by molar-refractivity contribution is 0.367. The Balaban J connectivity index is 2.02. The summed E-state index contributed by atoms with van der Waals surface area (Å²) in [5.74, 6) is 0. The van der Waals surface area contributed by atoms with E-state index in [2.05, 4.69) is 73.8 Å². The minimum Gasteiger partial charge on any atom is -0.103 e. The first-order valence-corrected chi connectivity index (χ1v) is 8.95. The molecular weight excluding hydrogens is 288 g/mol. The van der Waals surface area contributed by atoms with Gasteiger partial charge in [-0.1, -0.05) is 60.7 Å². The zero-order chi connectivity index (χ0) is 16.6. The Morgan fingerprint density at radius 1 is 0.833 bits per heavy atom. The molecule has 0 aromatic heterocycles. The molecule has 0 bridgehead atoms. The first-order valence-electron chi connectivity index (χ1n) is 8.95. The molecule has 0 saturated carbocycles. The van der Waals surface area contributed by atoms with E-state index in [0.717, 1.165) is 12.8 Å². The van der Waals surface area contributed by atoms with Gasteiger partial charge in [-0.25, -0.2) is 0 Å². The lowest BCUT2D eigenvalue weighted by Crippen LogP contribution is -2.30. The molecule has 0 atom stereocenters. The lowest BCUT2D eigenvalue weighted by Gasteiger charge is -2.39. The summed E-state index contributed by atoms with van der Waals surface area (Å²) in [6, 6.07) is 18.0. The Hall–Kier alpha value is -2.34. The van der Waals surface area contributed by atoms with Crippen molar-refractivity contribution in [2.24, 2.45) is 0 Å². The molecule has 0 heteroatoms. The third kappa shape index (κ3) is 2.21. The summed E-state index contributed by atoms with van der Waals surface area (Å²) < 4.78 is 0. The van der Waals surface area contributed by atoms with Gasteiger partial charge in [-0.05, 0) is 64.8 Å². The van der Waals surface area contributed by atoms with E-state index in [1.807, 2.05) is 0 Å². The molecule has 4 rings (SSSR count). The molecular formula is C24H24. The van der Waals surface area contributed by atoms with E-state index in [0.29, 0.717) is 0 Å². The Bertz CT molecular complexity index is 919. The van der Waals surface area contributed by atoms with E-state index in [4.69, 9.17) is 0 Å². The van der Waals surface area contributed by atoms with Gasteiger partial charge in [-0.2, -0.15) is 0 Å². The smallest absolute Gasteiger partial charge is 0.00247 e. The number of rotatable bonds is 4. The zero-order valence-electron chi connectivity index (χ0n) is 14.2. The summed E-state index contributed by atoms with van der Waals surface area (Å²) in [6.45, 7) is 8.05. The highest BCUT2D eigenvalue weighted by Crippen LogP contribution is 2.46. The quantitative estimate of drug-likeness (QED) is 0.370. The minimum atomic E-state index is 0.191. The van der Waals surface area contributed by atoms with Crippen LogP contribution in [0.25, 0.3) is 21.5 Å². The molecule has 3 aromatic carbocycles. The molecule has 1 aliphatic carbocycles. The molecule has 0 heterocycles. The van der Waals surface area contributed by atoms with E-state index in [1.165, 1.54) is 46.4 Å². The maximum Gasteiger partial charge on any atom is 0.00247 e. The van der Waals surface area contributed by atoms with Crippen molar-refractivity contribution in [1.82, 2.24) is 0 Å². The molecule has 3 aromatic rings. The Labute approximate surface area is 144 Å². The fourth-order valence-corrected chi connectivity index (χ4v) is 4.72. The number of aryl methyl sites for hydroxylation is 1. The minimum absolute atomic E-state index is 0.191. The number of fused-ring (bicyclic) bond motifs is 5. The highest BCUT2D eigenvalue weighted by Gasteiger charge is 2.35. The maximum absolute atomic E-state index is 4.02. The zero-order valence-corrected chi connectivity index (χ0v) is 14.2. The average molecular weight is 312 g/mol. The number of allylic oxidation sites excluding steroid dienone is 2. The van der Waals surface area contributed by atoms with Crippen LogP contribution in [0.4, 0.5) is 0 Å². The molecule has 24 heavy (non-hydrogen) atoms. The molecule has 0 radical (unpaired) electrons. The predicted molar refractivity (Wildman–Crippen MR) is 106 cm³/mol. The second-order valence-corrected chi connectivity index (χ2v) is 7.09. The molecule has 0 saturated heterocycles. The maximum atomic E-state index is 4.02. The standard InChI is InChI=1S/C24H24/c1-3-15-24(16-4-2)17-7-10-22-21-12-11-18-8-5-6-9-19(18)20(21)13-14-23(22)24/h3-6,8-9,11-14H,1-2,7,10,15-17H2. The van der Waals surface area contributed by atoms with Crippen LogP contribution >= 0.6 is 0 Å². The molecule has 0 amide bonds. The van der Waals surface area contributed by atoms with E-state index >= 15 is 0 Å². The van der Waals surface area contributed by atoms with Gasteiger partial charge in [0.1, 0.15) is 0 Å². The highest BCUT2D eigenvalue weighted by atomic mass is 14.4. The third-order valence-electron chi connectivity index (χ3n) is 5.76. The van der Waals surface area contributed by atoms with E-state index in [-0.39, 0.29) is 5.41 Å². The van der Waals surface area contributed by atoms with Crippen LogP contribution in [0, 0.1) is 0 Å². The van der Waals surface area contributed by atoms with Crippen LogP contribution in [0.15, 0.2) is 73.8 Å². The van der Waals surface area contributed by atoms with Gasteiger partial charge in [-0.15, -0.1) is 13.2 Å². The highest BCUT2D eigenvalue weighted by molar-refractivity contribution is 6.08. The van der Waals surface area contributed by atoms with Crippen LogP contribution in [0.2, 0.25) is 0 Å². The SMILES string of the molecule is C=CCC1(CC=C)CCCc2c1ccc1c2ccc2ccccc21. The van der Waals surface area contributed by atoms with Gasteiger partial charge in [-0.3, -0.25) is 0 Å². The monoisotopic (exact) mass is 312 g/mol. The topological polar surface area (TPSA) is 0 Å². The van der Waals surface area contributed by atoms with Crippen LogP contribution in [0.3, 0.4) is 0 Å². The first kappa shape index (κ1) is 15.2. The first-order chi connectivity index (χ1) is 11.8. The Morgan fingerprint density at radius 2 is 1.58 bits per heavy atom. The van der Waals surface area contributed by atoms with E-state index in [9.17, 15) is 0 Å². The van der Waals surface area contributed by atoms with Crippen molar-refractivity contribution >= 4 is 21.5 Å². The van der Waals surface area contributed by atoms with Crippen molar-refractivity contribution in [1.29, 1.82) is 0 Å². The molecule has 0 nitrogen and oxygen atoms in total. The van der Waals surface area contributed by atoms with Crippen molar-refractivity contribution in [2.75, 3.05) is 0 Å². The molecule has 0 aliphatic heterocycles. The van der Waals surface area contributed by atoms with Crippen molar-refractivity contribution in [3.05, 3.63) is 85.0 Å². The third-order valence-corrected chi connectivity index (χ3v) is 5.76. The van der Waals surface area contributed by atoms with Crippen LogP contribution in [0.1, 0.15) is 36.8 Å². The second kappa shape index (κ2) is 5.94. The van der Waals surface area contributed by atoms with Crippen LogP contribution in [-0.4, -0.2) is 0 Å². The van der Waals surface area contributed by atoms with Crippen LogP contribution < -0.4 is 0 Å². The van der Waals surface area contributed by atoms with Crippen molar-refractivity contribution in [3.8, 4) is 0 Å². The van der Waals surface area contributed by atoms with Crippen LogP contribution in [0.5, 0.6) is 0 Å². The van der Waals surface area contributed by atoms with Crippen molar-refractivity contribution in [2.45, 2.75) is 37.5 Å². The molecule has 1 aliphatic rings. The molecule has 120 valence electrons. The van der Waals surface area contributed by atoms with Gasteiger partial charge in [0.25, 0.3) is 0 Å². The second-order valence-electron chi connectivity index (χ2n) is 7.09. The largest absolute Gasteiger partial charge is 0.103 e. The van der Waals surface area contributed by atoms with Gasteiger partial charge < -0.3 is 0 Å². The fraction of sp³-hybridized carbons (Fsp3) is 0.250. The van der Waals surface area contributed by atoms with Gasteiger partial charge >= 0.3 is 0 Å². The van der Waals surface area contributed by atoms with Crippen LogP contribution in [-0.2, 0) is 11.8 Å². The van der Waals surface area contributed by atoms with Gasteiger partial charge in [0.15, 0.2) is 0 Å². The number of hydrogen-bond acceptors (Lipinski definition) is 0. The summed E-state index contributed by atoms with van der Waals surface area (Å²) in [5, 5.41) is 5.51. The van der Waals surface area contributed by atoms with Gasteiger partial charge in [0, 0.05) is 5.41 Å².